The van der Waals surface area contributed by atoms with Gasteiger partial charge in [-0.3, -0.25) is 4.57 Å². The van der Waals surface area contributed by atoms with Crippen molar-refractivity contribution >= 4 is 23.1 Å². The van der Waals surface area contributed by atoms with Crippen LogP contribution in [0.25, 0.3) is 16.3 Å². The van der Waals surface area contributed by atoms with Crippen LogP contribution in [0.2, 0.25) is 0 Å². The van der Waals surface area contributed by atoms with E-state index < -0.39 is 0 Å². The highest BCUT2D eigenvalue weighted by atomic mass is 32.2. The van der Waals surface area contributed by atoms with Gasteiger partial charge in [-0.2, -0.15) is 0 Å². The second kappa shape index (κ2) is 7.29. The maximum absolute atomic E-state index is 4.79. The van der Waals surface area contributed by atoms with Crippen LogP contribution in [-0.4, -0.2) is 19.7 Å². The predicted molar refractivity (Wildman–Crippen MR) is 110 cm³/mol. The largest absolute Gasteiger partial charge is 0.274 e. The quantitative estimate of drug-likeness (QED) is 0.404. The van der Waals surface area contributed by atoms with Crippen LogP contribution >= 0.6 is 23.1 Å². The fourth-order valence-electron chi connectivity index (χ4n) is 3.03. The van der Waals surface area contributed by atoms with E-state index in [1.54, 1.807) is 23.1 Å². The zero-order valence-corrected chi connectivity index (χ0v) is 16.3. The van der Waals surface area contributed by atoms with Crippen molar-refractivity contribution in [2.45, 2.75) is 29.7 Å². The Kier molecular flexibility index (Phi) is 4.51. The Labute approximate surface area is 166 Å². The monoisotopic (exact) mass is 390 g/mol. The van der Waals surface area contributed by atoms with Crippen LogP contribution in [0, 0.1) is 0 Å². The third kappa shape index (κ3) is 3.55. The molecule has 4 aromatic rings. The molecule has 0 aliphatic heterocycles. The molecule has 1 fully saturated rings. The molecule has 1 aliphatic rings. The van der Waals surface area contributed by atoms with Crippen LogP contribution in [0.1, 0.15) is 30.3 Å². The fourth-order valence-corrected chi connectivity index (χ4v) is 4.81. The van der Waals surface area contributed by atoms with E-state index in [-0.39, 0.29) is 0 Å². The number of rotatable bonds is 6. The Morgan fingerprint density at radius 2 is 1.70 bits per heavy atom. The molecule has 2 heterocycles. The highest BCUT2D eigenvalue weighted by Crippen LogP contribution is 2.41. The molecule has 5 rings (SSSR count). The zero-order chi connectivity index (χ0) is 18.1. The summed E-state index contributed by atoms with van der Waals surface area (Å²) in [6.07, 6.45) is 2.42. The normalized spacial score (nSPS) is 13.8. The zero-order valence-electron chi connectivity index (χ0n) is 14.7. The van der Waals surface area contributed by atoms with Gasteiger partial charge in [-0.15, -0.1) is 21.5 Å². The van der Waals surface area contributed by atoms with Gasteiger partial charge in [0.1, 0.15) is 10.8 Å². The summed E-state index contributed by atoms with van der Waals surface area (Å²) >= 11 is 3.39. The lowest BCUT2D eigenvalue weighted by molar-refractivity contribution is 0.829. The third-order valence-corrected chi connectivity index (χ3v) is 6.44. The fraction of sp³-hybridized carbons (Fsp3) is 0.190. The van der Waals surface area contributed by atoms with Gasteiger partial charge in [0.25, 0.3) is 0 Å². The molecule has 134 valence electrons. The minimum atomic E-state index is 0.552. The molecule has 0 amide bonds. The molecule has 0 N–H and O–H groups in total. The third-order valence-electron chi connectivity index (χ3n) is 4.54. The molecule has 0 atom stereocenters. The van der Waals surface area contributed by atoms with Crippen LogP contribution in [-0.2, 0) is 5.75 Å². The van der Waals surface area contributed by atoms with Crippen LogP contribution in [0.15, 0.2) is 71.2 Å². The van der Waals surface area contributed by atoms with E-state index in [0.29, 0.717) is 5.92 Å². The van der Waals surface area contributed by atoms with Gasteiger partial charge >= 0.3 is 0 Å². The topological polar surface area (TPSA) is 43.6 Å². The molecular formula is C21H18N4S2. The van der Waals surface area contributed by atoms with Crippen molar-refractivity contribution in [2.24, 2.45) is 0 Å². The number of para-hydroxylation sites is 1. The van der Waals surface area contributed by atoms with Gasteiger partial charge in [0.2, 0.25) is 0 Å². The molecule has 2 aromatic carbocycles. The van der Waals surface area contributed by atoms with Crippen molar-refractivity contribution in [2.75, 3.05) is 0 Å². The van der Waals surface area contributed by atoms with E-state index in [2.05, 4.69) is 56.5 Å². The first kappa shape index (κ1) is 16.7. The summed E-state index contributed by atoms with van der Waals surface area (Å²) in [6.45, 7) is 0. The first-order valence-electron chi connectivity index (χ1n) is 9.02. The molecule has 0 radical (unpaired) electrons. The minimum Gasteiger partial charge on any atom is -0.274 e. The lowest BCUT2D eigenvalue weighted by Crippen LogP contribution is -2.01. The molecule has 6 heteroatoms. The van der Waals surface area contributed by atoms with Crippen molar-refractivity contribution in [3.63, 3.8) is 0 Å². The Hall–Kier alpha value is -2.44. The lowest BCUT2D eigenvalue weighted by Gasteiger charge is -2.09. The van der Waals surface area contributed by atoms with Crippen molar-refractivity contribution in [1.29, 1.82) is 0 Å². The van der Waals surface area contributed by atoms with Crippen LogP contribution in [0.5, 0.6) is 0 Å². The highest BCUT2D eigenvalue weighted by molar-refractivity contribution is 7.98. The molecule has 0 spiro atoms. The minimum absolute atomic E-state index is 0.552. The van der Waals surface area contributed by atoms with Crippen LogP contribution in [0.3, 0.4) is 0 Å². The number of aromatic nitrogens is 4. The van der Waals surface area contributed by atoms with E-state index >= 15 is 0 Å². The number of hydrogen-bond acceptors (Lipinski definition) is 5. The molecule has 27 heavy (non-hydrogen) atoms. The van der Waals surface area contributed by atoms with Crippen molar-refractivity contribution in [3.8, 4) is 16.3 Å². The van der Waals surface area contributed by atoms with Gasteiger partial charge in [-0.05, 0) is 25.0 Å². The van der Waals surface area contributed by atoms with E-state index in [0.717, 1.165) is 33.1 Å². The molecule has 1 saturated carbocycles. The average molecular weight is 391 g/mol. The Bertz CT molecular complexity index is 1040. The predicted octanol–water partition coefficient (Wildman–Crippen LogP) is 5.56. The number of thioether (sulfide) groups is 1. The Morgan fingerprint density at radius 1 is 0.963 bits per heavy atom. The van der Waals surface area contributed by atoms with Gasteiger partial charge in [0.15, 0.2) is 5.16 Å². The summed E-state index contributed by atoms with van der Waals surface area (Å²) in [5, 5.41) is 13.1. The molecule has 2 aromatic heterocycles. The summed E-state index contributed by atoms with van der Waals surface area (Å²) in [6, 6.07) is 20.7. The molecular weight excluding hydrogens is 372 g/mol. The highest BCUT2D eigenvalue weighted by Gasteiger charge is 2.31. The second-order valence-electron chi connectivity index (χ2n) is 6.58. The van der Waals surface area contributed by atoms with Gasteiger partial charge < -0.3 is 0 Å². The van der Waals surface area contributed by atoms with Crippen LogP contribution < -0.4 is 0 Å². The Morgan fingerprint density at radius 3 is 2.44 bits per heavy atom. The summed E-state index contributed by atoms with van der Waals surface area (Å²) in [7, 11) is 0. The summed E-state index contributed by atoms with van der Waals surface area (Å²) in [4.78, 5) is 4.79. The molecule has 0 unspecified atom stereocenters. The van der Waals surface area contributed by atoms with Crippen molar-refractivity contribution < 1.29 is 0 Å². The van der Waals surface area contributed by atoms with Gasteiger partial charge in [0, 0.05) is 28.3 Å². The molecule has 0 bridgehead atoms. The first-order valence-corrected chi connectivity index (χ1v) is 10.9. The molecule has 1 aliphatic carbocycles. The molecule has 4 nitrogen and oxygen atoms in total. The maximum atomic E-state index is 4.79. The number of nitrogens with zero attached hydrogens (tertiary/aromatic N) is 4. The first-order chi connectivity index (χ1) is 13.4. The average Bonchev–Trinajstić information content (AvgIpc) is 3.31. The SMILES string of the molecule is c1ccc(-c2nc(CSc3nnc(C4CC4)n3-c3ccccc3)cs2)cc1. The number of thiazole rings is 1. The Balaban J connectivity index is 1.38. The van der Waals surface area contributed by atoms with E-state index in [1.165, 1.54) is 18.4 Å². The van der Waals surface area contributed by atoms with Gasteiger partial charge in [-0.1, -0.05) is 60.3 Å². The van der Waals surface area contributed by atoms with Crippen LogP contribution in [0.4, 0.5) is 0 Å². The second-order valence-corrected chi connectivity index (χ2v) is 8.39. The van der Waals surface area contributed by atoms with Crippen molar-refractivity contribution in [1.82, 2.24) is 19.7 Å². The summed E-state index contributed by atoms with van der Waals surface area (Å²) < 4.78 is 2.22. The standard InChI is InChI=1S/C21H18N4S2/c1-3-7-16(8-4-1)20-22-17(13-26-20)14-27-21-24-23-19(15-11-12-15)25(21)18-9-5-2-6-10-18/h1-10,13,15H,11-12,14H2. The summed E-state index contributed by atoms with van der Waals surface area (Å²) in [5.41, 5.74) is 3.39. The lowest BCUT2D eigenvalue weighted by atomic mass is 10.2. The van der Waals surface area contributed by atoms with Gasteiger partial charge in [0.05, 0.1) is 5.69 Å². The van der Waals surface area contributed by atoms with Gasteiger partial charge in [-0.25, -0.2) is 4.98 Å². The van der Waals surface area contributed by atoms with E-state index in [9.17, 15) is 0 Å². The number of hydrogen-bond donors (Lipinski definition) is 0. The van der Waals surface area contributed by atoms with E-state index in [4.69, 9.17) is 4.98 Å². The van der Waals surface area contributed by atoms with E-state index in [1.807, 2.05) is 24.3 Å². The van der Waals surface area contributed by atoms with Crippen molar-refractivity contribution in [3.05, 3.63) is 77.6 Å². The summed E-state index contributed by atoms with van der Waals surface area (Å²) in [5.74, 6) is 2.43. The molecule has 0 saturated heterocycles. The smallest absolute Gasteiger partial charge is 0.196 e. The maximum Gasteiger partial charge on any atom is 0.196 e. The number of benzene rings is 2.